The highest BCUT2D eigenvalue weighted by molar-refractivity contribution is 5.89. The number of hydrogen-bond acceptors (Lipinski definition) is 1. The highest BCUT2D eigenvalue weighted by atomic mass is 16.1. The Bertz CT molecular complexity index is 835. The number of pyridine rings is 1. The van der Waals surface area contributed by atoms with E-state index in [1.54, 1.807) is 0 Å². The lowest BCUT2D eigenvalue weighted by Crippen LogP contribution is -2.39. The third-order valence-corrected chi connectivity index (χ3v) is 4.04. The number of carbonyl (C=O) groups is 1. The summed E-state index contributed by atoms with van der Waals surface area (Å²) in [5, 5.41) is 2.97. The quantitative estimate of drug-likeness (QED) is 0.708. The van der Waals surface area contributed by atoms with Crippen LogP contribution in [0.25, 0.3) is 0 Å². The molecule has 0 bridgehead atoms. The van der Waals surface area contributed by atoms with Gasteiger partial charge in [-0.1, -0.05) is 36.4 Å². The predicted octanol–water partition coefficient (Wildman–Crippen LogP) is 3.82. The van der Waals surface area contributed by atoms with Crippen LogP contribution in [0.3, 0.4) is 0 Å². The van der Waals surface area contributed by atoms with Gasteiger partial charge in [-0.3, -0.25) is 4.79 Å². The van der Waals surface area contributed by atoms with Crippen molar-refractivity contribution in [2.75, 3.05) is 5.32 Å². The molecule has 0 spiro atoms. The van der Waals surface area contributed by atoms with Gasteiger partial charge in [0.25, 0.3) is 5.91 Å². The summed E-state index contributed by atoms with van der Waals surface area (Å²) in [4.78, 5) is 12.2. The molecule has 1 amide bonds. The Labute approximate surface area is 149 Å². The minimum atomic E-state index is -0.0224. The Morgan fingerprint density at radius 1 is 0.880 bits per heavy atom. The molecule has 0 radical (unpaired) electrons. The van der Waals surface area contributed by atoms with Gasteiger partial charge in [0.15, 0.2) is 12.4 Å². The second-order valence-corrected chi connectivity index (χ2v) is 6.47. The van der Waals surface area contributed by atoms with Crippen LogP contribution in [0.1, 0.15) is 22.3 Å². The Hall–Kier alpha value is -2.94. The van der Waals surface area contributed by atoms with Crippen LogP contribution in [0.15, 0.2) is 73.1 Å². The van der Waals surface area contributed by atoms with E-state index in [1.165, 1.54) is 11.1 Å². The van der Waals surface area contributed by atoms with E-state index in [0.29, 0.717) is 6.54 Å². The largest absolute Gasteiger partial charge is 0.321 e. The van der Waals surface area contributed by atoms with E-state index in [0.717, 1.165) is 23.2 Å². The summed E-state index contributed by atoms with van der Waals surface area (Å²) in [5.74, 6) is -0.0224. The molecule has 3 nitrogen and oxygen atoms in total. The number of anilines is 1. The molecule has 1 heterocycles. The summed E-state index contributed by atoms with van der Waals surface area (Å²) >= 11 is 0. The molecule has 0 aliphatic carbocycles. The minimum Gasteiger partial charge on any atom is -0.321 e. The van der Waals surface area contributed by atoms with E-state index in [4.69, 9.17) is 0 Å². The Morgan fingerprint density at radius 2 is 1.48 bits per heavy atom. The third kappa shape index (κ3) is 5.01. The van der Waals surface area contributed by atoms with Crippen molar-refractivity contribution in [2.45, 2.75) is 26.8 Å². The maximum Gasteiger partial charge on any atom is 0.290 e. The highest BCUT2D eigenvalue weighted by Gasteiger charge is 2.10. The maximum atomic E-state index is 12.2. The first-order chi connectivity index (χ1) is 12.1. The summed E-state index contributed by atoms with van der Waals surface area (Å²) in [6, 6.07) is 20.6. The van der Waals surface area contributed by atoms with Crippen molar-refractivity contribution >= 4 is 11.6 Å². The van der Waals surface area contributed by atoms with Gasteiger partial charge in [0.2, 0.25) is 6.54 Å². The van der Waals surface area contributed by atoms with E-state index < -0.39 is 0 Å². The smallest absolute Gasteiger partial charge is 0.290 e. The molecule has 126 valence electrons. The Balaban J connectivity index is 1.60. The van der Waals surface area contributed by atoms with Crippen molar-refractivity contribution in [1.29, 1.82) is 0 Å². The van der Waals surface area contributed by atoms with Crippen LogP contribution in [0.4, 0.5) is 5.69 Å². The molecule has 0 aliphatic heterocycles. The molecule has 0 unspecified atom stereocenters. The number of carbonyl (C=O) groups excluding carboxylic acids is 1. The van der Waals surface area contributed by atoms with E-state index in [9.17, 15) is 4.79 Å². The molecule has 0 atom stereocenters. The van der Waals surface area contributed by atoms with Crippen LogP contribution in [-0.4, -0.2) is 5.91 Å². The Kier molecular flexibility index (Phi) is 5.24. The molecule has 0 saturated carbocycles. The fourth-order valence-electron chi connectivity index (χ4n) is 2.96. The number of aryl methyl sites for hydroxylation is 2. The fourth-order valence-corrected chi connectivity index (χ4v) is 2.96. The van der Waals surface area contributed by atoms with Crippen molar-refractivity contribution < 1.29 is 9.36 Å². The van der Waals surface area contributed by atoms with E-state index in [1.807, 2.05) is 49.0 Å². The van der Waals surface area contributed by atoms with Crippen LogP contribution < -0.4 is 9.88 Å². The second-order valence-electron chi connectivity index (χ2n) is 6.47. The minimum absolute atomic E-state index is 0.0224. The fraction of sp³-hybridized carbons (Fsp3) is 0.182. The lowest BCUT2D eigenvalue weighted by atomic mass is 10.1. The molecule has 25 heavy (non-hydrogen) atoms. The number of nitrogens with zero attached hydrogens (tertiary/aromatic N) is 1. The molecule has 0 fully saturated rings. The van der Waals surface area contributed by atoms with Gasteiger partial charge in [-0.15, -0.1) is 0 Å². The van der Waals surface area contributed by atoms with Crippen molar-refractivity contribution in [2.24, 2.45) is 0 Å². The summed E-state index contributed by atoms with van der Waals surface area (Å²) in [7, 11) is 0. The molecule has 3 heteroatoms. The first-order valence-electron chi connectivity index (χ1n) is 8.48. The molecular weight excluding hydrogens is 308 g/mol. The van der Waals surface area contributed by atoms with Crippen molar-refractivity contribution in [3.05, 3.63) is 95.3 Å². The van der Waals surface area contributed by atoms with Crippen LogP contribution in [0.5, 0.6) is 0 Å². The molecule has 3 rings (SSSR count). The molecule has 0 aliphatic rings. The number of hydrogen-bond donors (Lipinski definition) is 1. The molecule has 3 aromatic rings. The lowest BCUT2D eigenvalue weighted by molar-refractivity contribution is -0.684. The van der Waals surface area contributed by atoms with Crippen LogP contribution in [0.2, 0.25) is 0 Å². The summed E-state index contributed by atoms with van der Waals surface area (Å²) in [5.41, 5.74) is 5.66. The standard InChI is InChI=1S/C22H22N2O/c1-17-12-18(2)14-21(13-17)23-22(25)16-24-10-8-20(9-11-24)15-19-6-4-3-5-7-19/h3-14H,15-16H2,1-2H3/p+1. The highest BCUT2D eigenvalue weighted by Crippen LogP contribution is 2.13. The van der Waals surface area contributed by atoms with E-state index in [2.05, 4.69) is 47.8 Å². The zero-order valence-corrected chi connectivity index (χ0v) is 14.7. The van der Waals surface area contributed by atoms with Gasteiger partial charge in [-0.2, -0.15) is 4.57 Å². The zero-order valence-electron chi connectivity index (χ0n) is 14.7. The topological polar surface area (TPSA) is 33.0 Å². The molecule has 1 N–H and O–H groups in total. The lowest BCUT2D eigenvalue weighted by Gasteiger charge is -2.06. The number of nitrogens with one attached hydrogen (secondary N) is 1. The maximum absolute atomic E-state index is 12.2. The van der Waals surface area contributed by atoms with Gasteiger partial charge >= 0.3 is 0 Å². The zero-order chi connectivity index (χ0) is 17.6. The third-order valence-electron chi connectivity index (χ3n) is 4.04. The van der Waals surface area contributed by atoms with Gasteiger partial charge in [0.1, 0.15) is 0 Å². The van der Waals surface area contributed by atoms with Gasteiger partial charge in [0.05, 0.1) is 0 Å². The SMILES string of the molecule is Cc1cc(C)cc(NC(=O)C[n+]2ccc(Cc3ccccc3)cc2)c1. The number of rotatable bonds is 5. The number of benzene rings is 2. The predicted molar refractivity (Wildman–Crippen MR) is 100 cm³/mol. The van der Waals surface area contributed by atoms with Crippen LogP contribution in [-0.2, 0) is 17.8 Å². The second kappa shape index (κ2) is 7.75. The van der Waals surface area contributed by atoms with Crippen molar-refractivity contribution in [3.8, 4) is 0 Å². The normalized spacial score (nSPS) is 10.5. The molecule has 0 saturated heterocycles. The number of aromatic nitrogens is 1. The summed E-state index contributed by atoms with van der Waals surface area (Å²) < 4.78 is 1.90. The summed E-state index contributed by atoms with van der Waals surface area (Å²) in [6.07, 6.45) is 4.81. The van der Waals surface area contributed by atoms with Crippen LogP contribution in [0, 0.1) is 13.8 Å². The van der Waals surface area contributed by atoms with Crippen molar-refractivity contribution in [3.63, 3.8) is 0 Å². The van der Waals surface area contributed by atoms with Crippen LogP contribution >= 0.6 is 0 Å². The average molecular weight is 331 g/mol. The van der Waals surface area contributed by atoms with Gasteiger partial charge < -0.3 is 5.32 Å². The van der Waals surface area contributed by atoms with Crippen molar-refractivity contribution in [1.82, 2.24) is 0 Å². The van der Waals surface area contributed by atoms with Gasteiger partial charge in [-0.25, -0.2) is 0 Å². The van der Waals surface area contributed by atoms with Gasteiger partial charge in [-0.05, 0) is 54.7 Å². The first-order valence-corrected chi connectivity index (χ1v) is 8.48. The van der Waals surface area contributed by atoms with E-state index in [-0.39, 0.29) is 5.91 Å². The van der Waals surface area contributed by atoms with Gasteiger partial charge in [0, 0.05) is 17.8 Å². The average Bonchev–Trinajstić information content (AvgIpc) is 2.56. The number of amides is 1. The molecule has 2 aromatic carbocycles. The first kappa shape index (κ1) is 16.9. The molecular formula is C22H23N2O+. The Morgan fingerprint density at radius 3 is 2.12 bits per heavy atom. The van der Waals surface area contributed by atoms with E-state index >= 15 is 0 Å². The monoisotopic (exact) mass is 331 g/mol. The molecule has 1 aromatic heterocycles. The summed E-state index contributed by atoms with van der Waals surface area (Å²) in [6.45, 7) is 4.37.